The fourth-order valence-electron chi connectivity index (χ4n) is 2.64. The van der Waals surface area contributed by atoms with Crippen molar-refractivity contribution in [3.05, 3.63) is 18.0 Å². The zero-order chi connectivity index (χ0) is 13.1. The van der Waals surface area contributed by atoms with E-state index in [-0.39, 0.29) is 0 Å². The summed E-state index contributed by atoms with van der Waals surface area (Å²) in [5, 5.41) is 4.43. The molecule has 1 aliphatic heterocycles. The lowest BCUT2D eigenvalue weighted by molar-refractivity contribution is 0.141. The molecule has 4 heteroatoms. The van der Waals surface area contributed by atoms with Crippen LogP contribution in [0.1, 0.15) is 51.3 Å². The number of nitrogens with two attached hydrogens (primary N) is 1. The Labute approximate surface area is 110 Å². The van der Waals surface area contributed by atoms with E-state index in [2.05, 4.69) is 37.0 Å². The second-order valence-corrected chi connectivity index (χ2v) is 5.82. The average Bonchev–Trinajstić information content (AvgIpc) is 2.82. The van der Waals surface area contributed by atoms with Crippen molar-refractivity contribution >= 4 is 0 Å². The number of aromatic nitrogens is 2. The van der Waals surface area contributed by atoms with E-state index >= 15 is 0 Å². The highest BCUT2D eigenvalue weighted by Crippen LogP contribution is 2.26. The third-order valence-corrected chi connectivity index (χ3v) is 4.02. The minimum Gasteiger partial charge on any atom is -0.329 e. The van der Waals surface area contributed by atoms with Crippen LogP contribution in [0.3, 0.4) is 0 Å². The number of piperidine rings is 1. The van der Waals surface area contributed by atoms with Crippen molar-refractivity contribution in [3.8, 4) is 0 Å². The average molecular weight is 250 g/mol. The summed E-state index contributed by atoms with van der Waals surface area (Å²) in [7, 11) is 0. The Morgan fingerprint density at radius 1 is 1.39 bits per heavy atom. The monoisotopic (exact) mass is 250 g/mol. The van der Waals surface area contributed by atoms with Gasteiger partial charge in [-0.3, -0.25) is 9.58 Å². The van der Waals surface area contributed by atoms with E-state index in [1.165, 1.54) is 18.4 Å². The van der Waals surface area contributed by atoms with Crippen LogP contribution in [0, 0.1) is 5.92 Å². The molecule has 102 valence electrons. The first-order valence-electron chi connectivity index (χ1n) is 7.10. The second kappa shape index (κ2) is 5.85. The molecule has 2 rings (SSSR count). The molecule has 0 aliphatic carbocycles. The lowest BCUT2D eigenvalue weighted by Gasteiger charge is -2.35. The van der Waals surface area contributed by atoms with Gasteiger partial charge in [-0.1, -0.05) is 6.92 Å². The number of hydrogen-bond donors (Lipinski definition) is 1. The Morgan fingerprint density at radius 2 is 2.06 bits per heavy atom. The highest BCUT2D eigenvalue weighted by Gasteiger charge is 2.24. The van der Waals surface area contributed by atoms with Gasteiger partial charge >= 0.3 is 0 Å². The van der Waals surface area contributed by atoms with Crippen LogP contribution >= 0.6 is 0 Å². The van der Waals surface area contributed by atoms with Gasteiger partial charge in [-0.15, -0.1) is 0 Å². The van der Waals surface area contributed by atoms with Gasteiger partial charge in [0, 0.05) is 24.3 Å². The number of hydrogen-bond acceptors (Lipinski definition) is 3. The molecular formula is C14H26N4. The summed E-state index contributed by atoms with van der Waals surface area (Å²) in [4.78, 5) is 2.52. The van der Waals surface area contributed by atoms with Crippen LogP contribution in [0.5, 0.6) is 0 Å². The first-order chi connectivity index (χ1) is 8.61. The number of likely N-dealkylation sites (tertiary alicyclic amines) is 1. The lowest BCUT2D eigenvalue weighted by atomic mass is 9.96. The van der Waals surface area contributed by atoms with E-state index in [0.29, 0.717) is 18.6 Å². The molecule has 1 unspecified atom stereocenters. The molecule has 1 aromatic rings. The van der Waals surface area contributed by atoms with Crippen molar-refractivity contribution in [3.63, 3.8) is 0 Å². The highest BCUT2D eigenvalue weighted by atomic mass is 15.3. The first-order valence-corrected chi connectivity index (χ1v) is 7.10. The standard InChI is InChI=1S/C14H26N4/c1-11(2)18-10-13(9-16-18)14(8-15)17-6-4-12(3)5-7-17/h9-12,14H,4-8,15H2,1-3H3. The van der Waals surface area contributed by atoms with Crippen molar-refractivity contribution < 1.29 is 0 Å². The van der Waals surface area contributed by atoms with Crippen molar-refractivity contribution in [1.29, 1.82) is 0 Å². The van der Waals surface area contributed by atoms with Gasteiger partial charge in [-0.25, -0.2) is 0 Å². The molecule has 18 heavy (non-hydrogen) atoms. The van der Waals surface area contributed by atoms with Crippen LogP contribution in [0.15, 0.2) is 12.4 Å². The Kier molecular flexibility index (Phi) is 4.40. The quantitative estimate of drug-likeness (QED) is 0.891. The molecule has 1 fully saturated rings. The SMILES string of the molecule is CC1CCN(C(CN)c2cnn(C(C)C)c2)CC1. The second-order valence-electron chi connectivity index (χ2n) is 5.82. The fourth-order valence-corrected chi connectivity index (χ4v) is 2.64. The van der Waals surface area contributed by atoms with E-state index in [4.69, 9.17) is 5.73 Å². The molecule has 1 aliphatic rings. The molecule has 2 heterocycles. The molecular weight excluding hydrogens is 224 g/mol. The summed E-state index contributed by atoms with van der Waals surface area (Å²) in [6.45, 7) is 9.64. The van der Waals surface area contributed by atoms with Gasteiger partial charge < -0.3 is 5.73 Å². The predicted octanol–water partition coefficient (Wildman–Crippen LogP) is 2.20. The normalized spacial score (nSPS) is 20.5. The van der Waals surface area contributed by atoms with Gasteiger partial charge in [0.2, 0.25) is 0 Å². The Hall–Kier alpha value is -0.870. The molecule has 0 amide bonds. The molecule has 0 saturated carbocycles. The van der Waals surface area contributed by atoms with Gasteiger partial charge in [-0.2, -0.15) is 5.10 Å². The van der Waals surface area contributed by atoms with Crippen LogP contribution in [-0.4, -0.2) is 34.3 Å². The third kappa shape index (κ3) is 2.93. The predicted molar refractivity (Wildman–Crippen MR) is 74.4 cm³/mol. The van der Waals surface area contributed by atoms with E-state index in [1.807, 2.05) is 10.9 Å². The maximum atomic E-state index is 5.98. The van der Waals surface area contributed by atoms with Crippen LogP contribution in [-0.2, 0) is 0 Å². The molecule has 0 bridgehead atoms. The summed E-state index contributed by atoms with van der Waals surface area (Å²) in [6, 6.07) is 0.753. The molecule has 1 saturated heterocycles. The minimum absolute atomic E-state index is 0.338. The summed E-state index contributed by atoms with van der Waals surface area (Å²) in [5.41, 5.74) is 7.24. The van der Waals surface area contributed by atoms with Crippen molar-refractivity contribution in [1.82, 2.24) is 14.7 Å². The molecule has 4 nitrogen and oxygen atoms in total. The van der Waals surface area contributed by atoms with Crippen molar-refractivity contribution in [2.75, 3.05) is 19.6 Å². The van der Waals surface area contributed by atoms with E-state index in [1.54, 1.807) is 0 Å². The number of rotatable bonds is 4. The number of nitrogens with zero attached hydrogens (tertiary/aromatic N) is 3. The zero-order valence-corrected chi connectivity index (χ0v) is 11.8. The maximum Gasteiger partial charge on any atom is 0.0538 e. The van der Waals surface area contributed by atoms with E-state index in [0.717, 1.165) is 19.0 Å². The van der Waals surface area contributed by atoms with Gasteiger partial charge in [0.05, 0.1) is 12.2 Å². The van der Waals surface area contributed by atoms with Crippen molar-refractivity contribution in [2.24, 2.45) is 11.7 Å². The van der Waals surface area contributed by atoms with Crippen LogP contribution in [0.25, 0.3) is 0 Å². The largest absolute Gasteiger partial charge is 0.329 e. The highest BCUT2D eigenvalue weighted by molar-refractivity contribution is 5.12. The van der Waals surface area contributed by atoms with Crippen LogP contribution < -0.4 is 5.73 Å². The van der Waals surface area contributed by atoms with E-state index < -0.39 is 0 Å². The van der Waals surface area contributed by atoms with Gasteiger partial charge in [0.1, 0.15) is 0 Å². The minimum atomic E-state index is 0.338. The molecule has 0 radical (unpaired) electrons. The molecule has 2 N–H and O–H groups in total. The maximum absolute atomic E-state index is 5.98. The molecule has 1 atom stereocenters. The molecule has 1 aromatic heterocycles. The van der Waals surface area contributed by atoms with Gasteiger partial charge in [0.25, 0.3) is 0 Å². The topological polar surface area (TPSA) is 47.1 Å². The summed E-state index contributed by atoms with van der Waals surface area (Å²) >= 11 is 0. The van der Waals surface area contributed by atoms with Crippen LogP contribution in [0.2, 0.25) is 0 Å². The first kappa shape index (κ1) is 13.6. The van der Waals surface area contributed by atoms with Crippen LogP contribution in [0.4, 0.5) is 0 Å². The lowest BCUT2D eigenvalue weighted by Crippen LogP contribution is -2.39. The van der Waals surface area contributed by atoms with E-state index in [9.17, 15) is 0 Å². The zero-order valence-electron chi connectivity index (χ0n) is 11.8. The molecule has 0 aromatic carbocycles. The third-order valence-electron chi connectivity index (χ3n) is 4.02. The smallest absolute Gasteiger partial charge is 0.0538 e. The summed E-state index contributed by atoms with van der Waals surface area (Å²) in [5.74, 6) is 0.859. The van der Waals surface area contributed by atoms with Gasteiger partial charge in [-0.05, 0) is 45.7 Å². The molecule has 0 spiro atoms. The Balaban J connectivity index is 2.07. The van der Waals surface area contributed by atoms with Crippen molar-refractivity contribution in [2.45, 2.75) is 45.7 Å². The summed E-state index contributed by atoms with van der Waals surface area (Å²) < 4.78 is 2.02. The fraction of sp³-hybridized carbons (Fsp3) is 0.786. The van der Waals surface area contributed by atoms with Gasteiger partial charge in [0.15, 0.2) is 0 Å². The Morgan fingerprint density at radius 3 is 2.56 bits per heavy atom. The summed E-state index contributed by atoms with van der Waals surface area (Å²) in [6.07, 6.45) is 6.71. The Bertz CT molecular complexity index is 364.